The van der Waals surface area contributed by atoms with Crippen molar-refractivity contribution in [1.82, 2.24) is 4.31 Å². The van der Waals surface area contributed by atoms with E-state index >= 15 is 0 Å². The van der Waals surface area contributed by atoms with Crippen molar-refractivity contribution in [2.24, 2.45) is 5.73 Å². The second kappa shape index (κ2) is 4.94. The van der Waals surface area contributed by atoms with Gasteiger partial charge in [0.25, 0.3) is 0 Å². The molecule has 0 bridgehead atoms. The van der Waals surface area contributed by atoms with Crippen molar-refractivity contribution in [2.75, 3.05) is 20.1 Å². The quantitative estimate of drug-likeness (QED) is 0.862. The van der Waals surface area contributed by atoms with E-state index in [4.69, 9.17) is 17.3 Å². The molecule has 0 fully saturated rings. The summed E-state index contributed by atoms with van der Waals surface area (Å²) in [6, 6.07) is 6.05. The van der Waals surface area contributed by atoms with E-state index in [1.807, 2.05) is 0 Å². The highest BCUT2D eigenvalue weighted by atomic mass is 35.5. The number of nitrogens with two attached hydrogens (primary N) is 1. The first-order chi connectivity index (χ1) is 6.98. The SMILES string of the molecule is CN(CCN)S(=O)(=O)c1ccc(Cl)cc1. The van der Waals surface area contributed by atoms with E-state index in [-0.39, 0.29) is 4.90 Å². The van der Waals surface area contributed by atoms with E-state index in [1.54, 1.807) is 12.1 Å². The van der Waals surface area contributed by atoms with Gasteiger partial charge in [0, 0.05) is 25.2 Å². The van der Waals surface area contributed by atoms with Gasteiger partial charge < -0.3 is 5.73 Å². The predicted molar refractivity (Wildman–Crippen MR) is 60.3 cm³/mol. The molecule has 0 amide bonds. The lowest BCUT2D eigenvalue weighted by Crippen LogP contribution is -2.31. The molecule has 1 aromatic rings. The number of halogens is 1. The molecule has 1 aromatic carbocycles. The molecule has 4 nitrogen and oxygen atoms in total. The minimum absolute atomic E-state index is 0.225. The molecular formula is C9H13ClN2O2S. The second-order valence-electron chi connectivity index (χ2n) is 3.07. The highest BCUT2D eigenvalue weighted by Gasteiger charge is 2.19. The van der Waals surface area contributed by atoms with E-state index in [0.717, 1.165) is 0 Å². The highest BCUT2D eigenvalue weighted by Crippen LogP contribution is 2.16. The fraction of sp³-hybridized carbons (Fsp3) is 0.333. The minimum atomic E-state index is -3.42. The number of rotatable bonds is 4. The standard InChI is InChI=1S/C9H13ClN2O2S/c1-12(7-6-11)15(13,14)9-4-2-8(10)3-5-9/h2-5H,6-7,11H2,1H3. The van der Waals surface area contributed by atoms with Gasteiger partial charge in [0.1, 0.15) is 0 Å². The van der Waals surface area contributed by atoms with Crippen LogP contribution >= 0.6 is 11.6 Å². The van der Waals surface area contributed by atoms with Crippen LogP contribution in [0.2, 0.25) is 5.02 Å². The van der Waals surface area contributed by atoms with Crippen molar-refractivity contribution in [3.8, 4) is 0 Å². The lowest BCUT2D eigenvalue weighted by molar-refractivity contribution is 0.476. The van der Waals surface area contributed by atoms with Gasteiger partial charge in [0.2, 0.25) is 10.0 Å². The zero-order valence-electron chi connectivity index (χ0n) is 8.35. The zero-order valence-corrected chi connectivity index (χ0v) is 9.92. The van der Waals surface area contributed by atoms with Crippen LogP contribution in [0.1, 0.15) is 0 Å². The Balaban J connectivity index is 3.01. The smallest absolute Gasteiger partial charge is 0.242 e. The Morgan fingerprint density at radius 1 is 1.33 bits per heavy atom. The van der Waals surface area contributed by atoms with Crippen LogP contribution in [0, 0.1) is 0 Å². The molecule has 84 valence electrons. The van der Waals surface area contributed by atoms with Gasteiger partial charge >= 0.3 is 0 Å². The molecule has 0 aliphatic rings. The van der Waals surface area contributed by atoms with Crippen LogP contribution < -0.4 is 5.73 Å². The molecule has 0 unspecified atom stereocenters. The van der Waals surface area contributed by atoms with Gasteiger partial charge in [-0.05, 0) is 24.3 Å². The first kappa shape index (κ1) is 12.4. The summed E-state index contributed by atoms with van der Waals surface area (Å²) in [5.74, 6) is 0. The van der Waals surface area contributed by atoms with Crippen molar-refractivity contribution in [2.45, 2.75) is 4.90 Å². The molecule has 0 saturated heterocycles. The van der Waals surface area contributed by atoms with Gasteiger partial charge in [-0.15, -0.1) is 0 Å². The van der Waals surface area contributed by atoms with Crippen molar-refractivity contribution in [1.29, 1.82) is 0 Å². The van der Waals surface area contributed by atoms with Crippen LogP contribution in [0.15, 0.2) is 29.2 Å². The van der Waals surface area contributed by atoms with E-state index in [9.17, 15) is 8.42 Å². The molecule has 0 spiro atoms. The Kier molecular flexibility index (Phi) is 4.10. The lowest BCUT2D eigenvalue weighted by Gasteiger charge is -2.15. The summed E-state index contributed by atoms with van der Waals surface area (Å²) in [6.07, 6.45) is 0. The zero-order chi connectivity index (χ0) is 11.5. The molecule has 1 rings (SSSR count). The van der Waals surface area contributed by atoms with E-state index < -0.39 is 10.0 Å². The van der Waals surface area contributed by atoms with E-state index in [0.29, 0.717) is 18.1 Å². The van der Waals surface area contributed by atoms with E-state index in [1.165, 1.54) is 23.5 Å². The van der Waals surface area contributed by atoms with Gasteiger partial charge in [-0.1, -0.05) is 11.6 Å². The summed E-state index contributed by atoms with van der Waals surface area (Å²) in [6.45, 7) is 0.592. The van der Waals surface area contributed by atoms with Gasteiger partial charge in [-0.25, -0.2) is 8.42 Å². The molecule has 2 N–H and O–H groups in total. The lowest BCUT2D eigenvalue weighted by atomic mass is 10.4. The Morgan fingerprint density at radius 3 is 2.33 bits per heavy atom. The molecule has 0 saturated carbocycles. The summed E-state index contributed by atoms with van der Waals surface area (Å²) in [5, 5.41) is 0.510. The molecule has 0 heterocycles. The van der Waals surface area contributed by atoms with Crippen molar-refractivity contribution >= 4 is 21.6 Å². The Morgan fingerprint density at radius 2 is 1.87 bits per heavy atom. The second-order valence-corrected chi connectivity index (χ2v) is 5.55. The fourth-order valence-corrected chi connectivity index (χ4v) is 2.40. The molecule has 0 radical (unpaired) electrons. The number of hydrogen-bond acceptors (Lipinski definition) is 3. The minimum Gasteiger partial charge on any atom is -0.329 e. The normalized spacial score (nSPS) is 12.0. The molecular weight excluding hydrogens is 236 g/mol. The Labute approximate surface area is 94.7 Å². The number of sulfonamides is 1. The Hall–Kier alpha value is -0.620. The summed E-state index contributed by atoms with van der Waals surface area (Å²) in [5.41, 5.74) is 5.30. The topological polar surface area (TPSA) is 63.4 Å². The fourth-order valence-electron chi connectivity index (χ4n) is 1.09. The van der Waals surface area contributed by atoms with Crippen molar-refractivity contribution in [3.05, 3.63) is 29.3 Å². The monoisotopic (exact) mass is 248 g/mol. The van der Waals surface area contributed by atoms with Gasteiger partial charge in [0.05, 0.1) is 4.90 Å². The Bertz CT molecular complexity index is 416. The molecule has 0 aliphatic heterocycles. The number of hydrogen-bond donors (Lipinski definition) is 1. The van der Waals surface area contributed by atoms with Gasteiger partial charge in [0.15, 0.2) is 0 Å². The van der Waals surface area contributed by atoms with E-state index in [2.05, 4.69) is 0 Å². The summed E-state index contributed by atoms with van der Waals surface area (Å²) >= 11 is 5.67. The molecule has 0 atom stereocenters. The first-order valence-electron chi connectivity index (χ1n) is 4.40. The molecule has 15 heavy (non-hydrogen) atoms. The van der Waals surface area contributed by atoms with Crippen LogP contribution in [-0.2, 0) is 10.0 Å². The largest absolute Gasteiger partial charge is 0.329 e. The maximum atomic E-state index is 11.9. The highest BCUT2D eigenvalue weighted by molar-refractivity contribution is 7.89. The van der Waals surface area contributed by atoms with Crippen LogP contribution in [0.4, 0.5) is 0 Å². The van der Waals surface area contributed by atoms with Crippen LogP contribution in [0.25, 0.3) is 0 Å². The first-order valence-corrected chi connectivity index (χ1v) is 6.22. The maximum absolute atomic E-state index is 11.9. The number of nitrogens with zero attached hydrogens (tertiary/aromatic N) is 1. The van der Waals surface area contributed by atoms with Crippen molar-refractivity contribution in [3.63, 3.8) is 0 Å². The number of benzene rings is 1. The van der Waals surface area contributed by atoms with Crippen LogP contribution in [0.3, 0.4) is 0 Å². The van der Waals surface area contributed by atoms with Crippen LogP contribution in [0.5, 0.6) is 0 Å². The van der Waals surface area contributed by atoms with Gasteiger partial charge in [-0.3, -0.25) is 0 Å². The predicted octanol–water partition coefficient (Wildman–Crippen LogP) is 0.919. The third-order valence-electron chi connectivity index (χ3n) is 1.97. The molecule has 0 aromatic heterocycles. The van der Waals surface area contributed by atoms with Crippen LogP contribution in [-0.4, -0.2) is 32.9 Å². The third-order valence-corrected chi connectivity index (χ3v) is 4.09. The number of likely N-dealkylation sites (N-methyl/N-ethyl adjacent to an activating group) is 1. The third kappa shape index (κ3) is 2.92. The average molecular weight is 249 g/mol. The maximum Gasteiger partial charge on any atom is 0.242 e. The summed E-state index contributed by atoms with van der Waals surface area (Å²) < 4.78 is 24.9. The average Bonchev–Trinajstić information content (AvgIpc) is 2.18. The molecule has 6 heteroatoms. The van der Waals surface area contributed by atoms with Crippen molar-refractivity contribution < 1.29 is 8.42 Å². The summed E-state index contributed by atoms with van der Waals surface area (Å²) in [7, 11) is -1.93. The van der Waals surface area contributed by atoms with Gasteiger partial charge in [-0.2, -0.15) is 4.31 Å². The molecule has 0 aliphatic carbocycles. The summed E-state index contributed by atoms with van der Waals surface area (Å²) in [4.78, 5) is 0.225.